The highest BCUT2D eigenvalue weighted by Gasteiger charge is 2.25. The van der Waals surface area contributed by atoms with Gasteiger partial charge >= 0.3 is 0 Å². The minimum atomic E-state index is 0.0393. The molecular formula is C11H12BrNO. The summed E-state index contributed by atoms with van der Waals surface area (Å²) in [5.41, 5.74) is 1.77. The predicted octanol–water partition coefficient (Wildman–Crippen LogP) is 2.65. The summed E-state index contributed by atoms with van der Waals surface area (Å²) < 4.78 is 0.871. The highest BCUT2D eigenvalue weighted by atomic mass is 79.9. The summed E-state index contributed by atoms with van der Waals surface area (Å²) in [5.74, 6) is 0.0393. The second kappa shape index (κ2) is 3.73. The molecule has 1 aliphatic carbocycles. The van der Waals surface area contributed by atoms with E-state index in [0.29, 0.717) is 6.04 Å². The lowest BCUT2D eigenvalue weighted by molar-refractivity contribution is 0.0949. The molecule has 1 amide bonds. The van der Waals surface area contributed by atoms with Crippen LogP contribution in [-0.2, 0) is 0 Å². The summed E-state index contributed by atoms with van der Waals surface area (Å²) in [6, 6.07) is 6.20. The van der Waals surface area contributed by atoms with Crippen LogP contribution < -0.4 is 5.32 Å². The van der Waals surface area contributed by atoms with Gasteiger partial charge in [0, 0.05) is 10.5 Å². The van der Waals surface area contributed by atoms with E-state index in [1.54, 1.807) is 0 Å². The molecule has 3 heteroatoms. The Morgan fingerprint density at radius 2 is 2.21 bits per heavy atom. The van der Waals surface area contributed by atoms with E-state index in [9.17, 15) is 4.79 Å². The van der Waals surface area contributed by atoms with Gasteiger partial charge in [-0.2, -0.15) is 0 Å². The van der Waals surface area contributed by atoms with Crippen molar-refractivity contribution in [2.24, 2.45) is 0 Å². The highest BCUT2D eigenvalue weighted by molar-refractivity contribution is 9.10. The van der Waals surface area contributed by atoms with Crippen LogP contribution in [0.1, 0.15) is 28.8 Å². The first kappa shape index (κ1) is 9.71. The zero-order chi connectivity index (χ0) is 10.1. The van der Waals surface area contributed by atoms with E-state index in [2.05, 4.69) is 21.2 Å². The normalized spacial score (nSPS) is 15.3. The molecule has 0 bridgehead atoms. The van der Waals surface area contributed by atoms with E-state index in [0.717, 1.165) is 28.4 Å². The Hall–Kier alpha value is -0.830. The molecular weight excluding hydrogens is 242 g/mol. The first-order valence-corrected chi connectivity index (χ1v) is 5.54. The first-order valence-electron chi connectivity index (χ1n) is 4.74. The highest BCUT2D eigenvalue weighted by Crippen LogP contribution is 2.23. The fourth-order valence-electron chi connectivity index (χ4n) is 1.40. The Morgan fingerprint density at radius 3 is 2.79 bits per heavy atom. The maximum atomic E-state index is 11.8. The van der Waals surface area contributed by atoms with E-state index in [4.69, 9.17) is 0 Å². The van der Waals surface area contributed by atoms with Crippen LogP contribution in [0.5, 0.6) is 0 Å². The Balaban J connectivity index is 2.24. The summed E-state index contributed by atoms with van der Waals surface area (Å²) in [7, 11) is 0. The van der Waals surface area contributed by atoms with Crippen LogP contribution >= 0.6 is 15.9 Å². The largest absolute Gasteiger partial charge is 0.349 e. The maximum Gasteiger partial charge on any atom is 0.252 e. The van der Waals surface area contributed by atoms with E-state index in [1.807, 2.05) is 25.1 Å². The van der Waals surface area contributed by atoms with E-state index in [1.165, 1.54) is 0 Å². The Morgan fingerprint density at radius 1 is 1.50 bits per heavy atom. The standard InChI is InChI=1S/C11H12BrNO/c1-7-3-2-4-9(12)10(7)11(14)13-8-5-6-8/h2-4,8H,5-6H2,1H3,(H,13,14). The van der Waals surface area contributed by atoms with Gasteiger partial charge in [-0.25, -0.2) is 0 Å². The van der Waals surface area contributed by atoms with Gasteiger partial charge in [-0.1, -0.05) is 12.1 Å². The number of amides is 1. The zero-order valence-electron chi connectivity index (χ0n) is 8.01. The third-order valence-corrected chi connectivity index (χ3v) is 3.02. The van der Waals surface area contributed by atoms with Crippen LogP contribution in [0.25, 0.3) is 0 Å². The number of aryl methyl sites for hydroxylation is 1. The lowest BCUT2D eigenvalue weighted by atomic mass is 10.1. The van der Waals surface area contributed by atoms with Gasteiger partial charge in [-0.3, -0.25) is 4.79 Å². The minimum absolute atomic E-state index is 0.0393. The molecule has 0 radical (unpaired) electrons. The predicted molar refractivity (Wildman–Crippen MR) is 59.4 cm³/mol. The summed E-state index contributed by atoms with van der Waals surface area (Å²) in [6.07, 6.45) is 2.24. The molecule has 1 N–H and O–H groups in total. The van der Waals surface area contributed by atoms with Crippen molar-refractivity contribution in [3.05, 3.63) is 33.8 Å². The Bertz CT molecular complexity index is 351. The molecule has 74 valence electrons. The average molecular weight is 254 g/mol. The van der Waals surface area contributed by atoms with Crippen molar-refractivity contribution in [2.45, 2.75) is 25.8 Å². The van der Waals surface area contributed by atoms with Crippen molar-refractivity contribution in [1.29, 1.82) is 0 Å². The van der Waals surface area contributed by atoms with Crippen LogP contribution in [0, 0.1) is 6.92 Å². The van der Waals surface area contributed by atoms with Gasteiger partial charge < -0.3 is 5.32 Å². The molecule has 2 rings (SSSR count). The molecule has 1 aromatic rings. The number of carbonyl (C=O) groups excluding carboxylic acids is 1. The second-order valence-electron chi connectivity index (χ2n) is 3.68. The molecule has 1 saturated carbocycles. The number of hydrogen-bond donors (Lipinski definition) is 1. The van der Waals surface area contributed by atoms with Crippen molar-refractivity contribution in [2.75, 3.05) is 0 Å². The molecule has 0 atom stereocenters. The van der Waals surface area contributed by atoms with Gasteiger partial charge in [0.15, 0.2) is 0 Å². The van der Waals surface area contributed by atoms with E-state index >= 15 is 0 Å². The number of halogens is 1. The van der Waals surface area contributed by atoms with Gasteiger partial charge in [0.05, 0.1) is 5.56 Å². The Kier molecular flexibility index (Phi) is 2.59. The lowest BCUT2D eigenvalue weighted by Gasteiger charge is -2.08. The van der Waals surface area contributed by atoms with E-state index < -0.39 is 0 Å². The Labute approximate surface area is 91.8 Å². The molecule has 2 nitrogen and oxygen atoms in total. The third kappa shape index (κ3) is 1.98. The maximum absolute atomic E-state index is 11.8. The van der Waals surface area contributed by atoms with Gasteiger partial charge in [0.25, 0.3) is 5.91 Å². The average Bonchev–Trinajstić information content (AvgIpc) is 2.87. The molecule has 14 heavy (non-hydrogen) atoms. The third-order valence-electron chi connectivity index (χ3n) is 2.36. The van der Waals surface area contributed by atoms with Crippen LogP contribution in [-0.4, -0.2) is 11.9 Å². The molecule has 1 aromatic carbocycles. The molecule has 0 saturated heterocycles. The van der Waals surface area contributed by atoms with Gasteiger partial charge in [0.2, 0.25) is 0 Å². The lowest BCUT2D eigenvalue weighted by Crippen LogP contribution is -2.26. The SMILES string of the molecule is Cc1cccc(Br)c1C(=O)NC1CC1. The summed E-state index contributed by atoms with van der Waals surface area (Å²) in [4.78, 5) is 11.8. The smallest absolute Gasteiger partial charge is 0.252 e. The zero-order valence-corrected chi connectivity index (χ0v) is 9.60. The topological polar surface area (TPSA) is 29.1 Å². The summed E-state index contributed by atoms with van der Waals surface area (Å²) in [5, 5.41) is 2.98. The molecule has 0 aliphatic heterocycles. The number of hydrogen-bond acceptors (Lipinski definition) is 1. The fraction of sp³-hybridized carbons (Fsp3) is 0.364. The van der Waals surface area contributed by atoms with Crippen LogP contribution in [0.15, 0.2) is 22.7 Å². The van der Waals surface area contributed by atoms with Gasteiger partial charge in [-0.15, -0.1) is 0 Å². The minimum Gasteiger partial charge on any atom is -0.349 e. The molecule has 1 aliphatic rings. The summed E-state index contributed by atoms with van der Waals surface area (Å²) in [6.45, 7) is 1.95. The van der Waals surface area contributed by atoms with Crippen LogP contribution in [0.4, 0.5) is 0 Å². The van der Waals surface area contributed by atoms with Crippen molar-refractivity contribution >= 4 is 21.8 Å². The first-order chi connectivity index (χ1) is 6.68. The van der Waals surface area contributed by atoms with Gasteiger partial charge in [0.1, 0.15) is 0 Å². The molecule has 0 aromatic heterocycles. The van der Waals surface area contributed by atoms with Crippen LogP contribution in [0.3, 0.4) is 0 Å². The van der Waals surface area contributed by atoms with Crippen molar-refractivity contribution in [3.8, 4) is 0 Å². The molecule has 1 fully saturated rings. The van der Waals surface area contributed by atoms with Gasteiger partial charge in [-0.05, 0) is 47.3 Å². The monoisotopic (exact) mass is 253 g/mol. The molecule has 0 unspecified atom stereocenters. The van der Waals surface area contributed by atoms with Crippen molar-refractivity contribution in [3.63, 3.8) is 0 Å². The number of nitrogens with one attached hydrogen (secondary N) is 1. The molecule has 0 spiro atoms. The fourth-order valence-corrected chi connectivity index (χ4v) is 2.05. The second-order valence-corrected chi connectivity index (χ2v) is 4.53. The summed E-state index contributed by atoms with van der Waals surface area (Å²) >= 11 is 3.40. The van der Waals surface area contributed by atoms with Crippen molar-refractivity contribution < 1.29 is 4.79 Å². The number of rotatable bonds is 2. The number of carbonyl (C=O) groups is 1. The molecule has 0 heterocycles. The number of benzene rings is 1. The van der Waals surface area contributed by atoms with E-state index in [-0.39, 0.29) is 5.91 Å². The van der Waals surface area contributed by atoms with Crippen LogP contribution in [0.2, 0.25) is 0 Å². The van der Waals surface area contributed by atoms with Crippen molar-refractivity contribution in [1.82, 2.24) is 5.32 Å². The quantitative estimate of drug-likeness (QED) is 0.863.